The Bertz CT molecular complexity index is 849. The van der Waals surface area contributed by atoms with E-state index in [-0.39, 0.29) is 11.5 Å². The Balaban J connectivity index is 2.04. The third-order valence-corrected chi connectivity index (χ3v) is 6.18. The summed E-state index contributed by atoms with van der Waals surface area (Å²) in [4.78, 5) is 0. The maximum Gasteiger partial charge on any atom is 0.0684 e. The molecule has 0 spiro atoms. The van der Waals surface area contributed by atoms with Gasteiger partial charge in [0.05, 0.1) is 6.10 Å². The molecule has 0 aliphatic carbocycles. The summed E-state index contributed by atoms with van der Waals surface area (Å²) in [6.07, 6.45) is 6.05. The van der Waals surface area contributed by atoms with Crippen LogP contribution in [0, 0.1) is 0 Å². The van der Waals surface area contributed by atoms with Gasteiger partial charge in [-0.2, -0.15) is 0 Å². The highest BCUT2D eigenvalue weighted by Crippen LogP contribution is 2.43. The summed E-state index contributed by atoms with van der Waals surface area (Å²) < 4.78 is 6.50. The number of benzene rings is 3. The molecule has 0 fully saturated rings. The van der Waals surface area contributed by atoms with Crippen molar-refractivity contribution < 1.29 is 4.74 Å². The molecular weight excluding hydrogens is 340 g/mol. The average Bonchev–Trinajstić information content (AvgIpc) is 2.75. The fraction of sp³-hybridized carbons (Fsp3) is 0.407. The summed E-state index contributed by atoms with van der Waals surface area (Å²) >= 11 is 0. The van der Waals surface area contributed by atoms with Gasteiger partial charge >= 0.3 is 0 Å². The molecule has 3 aromatic carbocycles. The molecule has 3 aromatic rings. The molecule has 0 radical (unpaired) electrons. The molecule has 0 heterocycles. The van der Waals surface area contributed by atoms with Crippen LogP contribution in [-0.2, 0) is 10.2 Å². The highest BCUT2D eigenvalue weighted by molar-refractivity contribution is 5.87. The molecule has 0 aliphatic rings. The normalized spacial score (nSPS) is 14.7. The van der Waals surface area contributed by atoms with Crippen molar-refractivity contribution in [1.29, 1.82) is 0 Å². The van der Waals surface area contributed by atoms with E-state index in [4.69, 9.17) is 4.74 Å². The largest absolute Gasteiger partial charge is 0.377 e. The molecule has 3 rings (SSSR count). The predicted molar refractivity (Wildman–Crippen MR) is 121 cm³/mol. The van der Waals surface area contributed by atoms with Gasteiger partial charge in [-0.3, -0.25) is 0 Å². The predicted octanol–water partition coefficient (Wildman–Crippen LogP) is 7.52. The van der Waals surface area contributed by atoms with E-state index < -0.39 is 0 Å². The van der Waals surface area contributed by atoms with E-state index in [2.05, 4.69) is 93.6 Å². The summed E-state index contributed by atoms with van der Waals surface area (Å²) in [5.74, 6) is 0. The van der Waals surface area contributed by atoms with Crippen LogP contribution in [0.15, 0.2) is 72.8 Å². The van der Waals surface area contributed by atoms with Gasteiger partial charge in [-0.15, -0.1) is 0 Å². The summed E-state index contributed by atoms with van der Waals surface area (Å²) in [5, 5.41) is 2.63. The summed E-state index contributed by atoms with van der Waals surface area (Å²) in [7, 11) is 0. The molecule has 0 saturated carbocycles. The fourth-order valence-corrected chi connectivity index (χ4v) is 4.57. The van der Waals surface area contributed by atoms with E-state index in [1.807, 2.05) is 0 Å². The maximum atomic E-state index is 6.50. The number of hydrogen-bond acceptors (Lipinski definition) is 1. The minimum atomic E-state index is -0.160. The van der Waals surface area contributed by atoms with Crippen LogP contribution >= 0.6 is 0 Å². The third-order valence-electron chi connectivity index (χ3n) is 6.18. The Labute approximate surface area is 170 Å². The molecule has 1 heteroatoms. The van der Waals surface area contributed by atoms with E-state index in [0.29, 0.717) is 0 Å². The van der Waals surface area contributed by atoms with Gasteiger partial charge in [0.2, 0.25) is 0 Å². The van der Waals surface area contributed by atoms with Crippen molar-refractivity contribution in [3.05, 3.63) is 83.9 Å². The van der Waals surface area contributed by atoms with Gasteiger partial charge in [0.25, 0.3) is 0 Å². The molecule has 2 unspecified atom stereocenters. The molecule has 0 saturated heterocycles. The lowest BCUT2D eigenvalue weighted by Crippen LogP contribution is -2.40. The molecule has 0 amide bonds. The Kier molecular flexibility index (Phi) is 7.28. The van der Waals surface area contributed by atoms with Gasteiger partial charge in [-0.05, 0) is 41.7 Å². The van der Waals surface area contributed by atoms with Crippen LogP contribution in [0.5, 0.6) is 0 Å². The van der Waals surface area contributed by atoms with E-state index in [1.54, 1.807) is 0 Å². The number of hydrogen-bond donors (Lipinski definition) is 0. The summed E-state index contributed by atoms with van der Waals surface area (Å²) in [6, 6.07) is 26.4. The Morgan fingerprint density at radius 3 is 2.25 bits per heavy atom. The van der Waals surface area contributed by atoms with Gasteiger partial charge in [-0.25, -0.2) is 0 Å². The Morgan fingerprint density at radius 1 is 0.786 bits per heavy atom. The van der Waals surface area contributed by atoms with E-state index in [9.17, 15) is 0 Å². The average molecular weight is 375 g/mol. The van der Waals surface area contributed by atoms with Crippen molar-refractivity contribution in [2.24, 2.45) is 0 Å². The van der Waals surface area contributed by atoms with Crippen LogP contribution in [-0.4, -0.2) is 12.7 Å². The molecule has 0 N–H and O–H groups in total. The lowest BCUT2D eigenvalue weighted by atomic mass is 9.67. The third kappa shape index (κ3) is 4.15. The highest BCUT2D eigenvalue weighted by Gasteiger charge is 2.40. The van der Waals surface area contributed by atoms with Crippen LogP contribution < -0.4 is 0 Å². The zero-order valence-corrected chi connectivity index (χ0v) is 17.7. The molecule has 2 atom stereocenters. The van der Waals surface area contributed by atoms with Crippen molar-refractivity contribution in [3.8, 4) is 0 Å². The lowest BCUT2D eigenvalue weighted by Gasteiger charge is -2.40. The number of unbranched alkanes of at least 4 members (excludes halogenated alkanes) is 3. The van der Waals surface area contributed by atoms with Crippen LogP contribution in [0.4, 0.5) is 0 Å². The van der Waals surface area contributed by atoms with Gasteiger partial charge in [-0.1, -0.05) is 106 Å². The zero-order valence-electron chi connectivity index (χ0n) is 17.7. The van der Waals surface area contributed by atoms with Crippen LogP contribution in [0.1, 0.15) is 64.0 Å². The van der Waals surface area contributed by atoms with Crippen molar-refractivity contribution in [2.45, 2.75) is 64.4 Å². The number of rotatable bonds is 10. The maximum absolute atomic E-state index is 6.50. The van der Waals surface area contributed by atoms with Crippen molar-refractivity contribution in [2.75, 3.05) is 6.61 Å². The molecular formula is C27H34O. The monoisotopic (exact) mass is 374 g/mol. The molecule has 28 heavy (non-hydrogen) atoms. The smallest absolute Gasteiger partial charge is 0.0684 e. The highest BCUT2D eigenvalue weighted by atomic mass is 16.5. The van der Waals surface area contributed by atoms with Crippen molar-refractivity contribution >= 4 is 10.8 Å². The first kappa shape index (κ1) is 20.6. The quantitative estimate of drug-likeness (QED) is 0.333. The zero-order chi connectivity index (χ0) is 19.8. The van der Waals surface area contributed by atoms with Gasteiger partial charge in [0.1, 0.15) is 0 Å². The summed E-state index contributed by atoms with van der Waals surface area (Å²) in [6.45, 7) is 7.64. The SMILES string of the molecule is CCCCCCOC(C)C(CC)(c1ccccc1)c1cccc2ccccc12. The van der Waals surface area contributed by atoms with Crippen LogP contribution in [0.3, 0.4) is 0 Å². The van der Waals surface area contributed by atoms with Crippen LogP contribution in [0.25, 0.3) is 10.8 Å². The second kappa shape index (κ2) is 9.89. The first-order valence-corrected chi connectivity index (χ1v) is 10.9. The van der Waals surface area contributed by atoms with Gasteiger partial charge in [0, 0.05) is 12.0 Å². The minimum Gasteiger partial charge on any atom is -0.377 e. The number of ether oxygens (including phenoxy) is 1. The van der Waals surface area contributed by atoms with E-state index >= 15 is 0 Å². The van der Waals surface area contributed by atoms with Crippen molar-refractivity contribution in [3.63, 3.8) is 0 Å². The molecule has 0 aliphatic heterocycles. The van der Waals surface area contributed by atoms with E-state index in [1.165, 1.54) is 41.2 Å². The topological polar surface area (TPSA) is 9.23 Å². The summed E-state index contributed by atoms with van der Waals surface area (Å²) in [5.41, 5.74) is 2.56. The first-order chi connectivity index (χ1) is 13.7. The minimum absolute atomic E-state index is 0.104. The van der Waals surface area contributed by atoms with Gasteiger partial charge in [0.15, 0.2) is 0 Å². The Morgan fingerprint density at radius 2 is 1.50 bits per heavy atom. The molecule has 0 bridgehead atoms. The second-order valence-electron chi connectivity index (χ2n) is 7.79. The standard InChI is InChI=1S/C27H34O/c1-4-6-7-13-21-28-22(3)27(5-2,24-17-9-8-10-18-24)26-20-14-16-23-15-11-12-19-25(23)26/h8-12,14-20,22H,4-7,13,21H2,1-3H3. The lowest BCUT2D eigenvalue weighted by molar-refractivity contribution is 0.0179. The second-order valence-corrected chi connectivity index (χ2v) is 7.79. The van der Waals surface area contributed by atoms with Gasteiger partial charge < -0.3 is 4.74 Å². The fourth-order valence-electron chi connectivity index (χ4n) is 4.57. The van der Waals surface area contributed by atoms with Crippen molar-refractivity contribution in [1.82, 2.24) is 0 Å². The van der Waals surface area contributed by atoms with E-state index in [0.717, 1.165) is 19.4 Å². The van der Waals surface area contributed by atoms with Crippen LogP contribution in [0.2, 0.25) is 0 Å². The number of fused-ring (bicyclic) bond motifs is 1. The Hall–Kier alpha value is -2.12. The molecule has 0 aromatic heterocycles. The molecule has 1 nitrogen and oxygen atoms in total. The first-order valence-electron chi connectivity index (χ1n) is 10.9. The molecule has 148 valence electrons.